The molecule has 0 spiro atoms. The molecule has 1 fully saturated rings. The Balaban J connectivity index is 1.69. The summed E-state index contributed by atoms with van der Waals surface area (Å²) in [4.78, 5) is 4.16. The Hall–Kier alpha value is -2.39. The van der Waals surface area contributed by atoms with Crippen LogP contribution in [0.15, 0.2) is 30.7 Å². The molecule has 1 aliphatic heterocycles. The molecule has 3 rings (SSSR count). The molecule has 0 aromatic carbocycles. The average Bonchev–Trinajstić information content (AvgIpc) is 3.12. The topological polar surface area (TPSA) is 75.8 Å². The Labute approximate surface area is 117 Å². The molecular weight excluding hydrogens is 254 g/mol. The van der Waals surface area contributed by atoms with Gasteiger partial charge >= 0.3 is 0 Å². The van der Waals surface area contributed by atoms with E-state index in [-0.39, 0.29) is 6.10 Å². The van der Waals surface area contributed by atoms with Gasteiger partial charge in [0.2, 0.25) is 0 Å². The summed E-state index contributed by atoms with van der Waals surface area (Å²) >= 11 is 0. The van der Waals surface area contributed by atoms with E-state index in [1.807, 2.05) is 10.9 Å². The first-order valence-corrected chi connectivity index (χ1v) is 6.61. The summed E-state index contributed by atoms with van der Waals surface area (Å²) in [5, 5.41) is 16.4. The lowest BCUT2D eigenvalue weighted by atomic mass is 10.2. The highest BCUT2D eigenvalue weighted by atomic mass is 16.5. The number of nitrogens with one attached hydrogen (secondary N) is 1. The molecule has 6 nitrogen and oxygen atoms in total. The van der Waals surface area contributed by atoms with Gasteiger partial charge in [-0.15, -0.1) is 0 Å². The fraction of sp³-hybridized carbons (Fsp3) is 0.357. The van der Waals surface area contributed by atoms with Crippen LogP contribution >= 0.6 is 0 Å². The number of pyridine rings is 1. The third-order valence-electron chi connectivity index (χ3n) is 3.24. The number of rotatable bonds is 4. The van der Waals surface area contributed by atoms with Crippen molar-refractivity contribution in [3.05, 3.63) is 36.3 Å². The van der Waals surface area contributed by atoms with Gasteiger partial charge in [-0.25, -0.2) is 4.98 Å². The fourth-order valence-corrected chi connectivity index (χ4v) is 2.26. The van der Waals surface area contributed by atoms with Crippen LogP contribution in [0.5, 0.6) is 0 Å². The van der Waals surface area contributed by atoms with Gasteiger partial charge in [-0.05, 0) is 25.0 Å². The Morgan fingerprint density at radius 3 is 3.30 bits per heavy atom. The molecule has 2 aromatic heterocycles. The number of aromatic nitrogens is 3. The minimum Gasteiger partial charge on any atom is -0.376 e. The SMILES string of the molecule is N#Cc1cccnc1Nc1cnn(CC2CCCO2)c1. The Kier molecular flexibility index (Phi) is 3.61. The number of hydrogen-bond donors (Lipinski definition) is 1. The van der Waals surface area contributed by atoms with E-state index in [0.29, 0.717) is 11.4 Å². The normalized spacial score (nSPS) is 17.9. The molecule has 2 aromatic rings. The summed E-state index contributed by atoms with van der Waals surface area (Å²) < 4.78 is 7.44. The summed E-state index contributed by atoms with van der Waals surface area (Å²) in [5.74, 6) is 0.548. The third kappa shape index (κ3) is 2.78. The van der Waals surface area contributed by atoms with Crippen LogP contribution < -0.4 is 5.32 Å². The molecule has 6 heteroatoms. The minimum absolute atomic E-state index is 0.257. The second-order valence-electron chi connectivity index (χ2n) is 4.72. The summed E-state index contributed by atoms with van der Waals surface area (Å²) in [6.45, 7) is 1.60. The molecule has 102 valence electrons. The lowest BCUT2D eigenvalue weighted by molar-refractivity contribution is 0.0940. The molecule has 0 radical (unpaired) electrons. The quantitative estimate of drug-likeness (QED) is 0.919. The number of anilines is 2. The molecule has 0 amide bonds. The fourth-order valence-electron chi connectivity index (χ4n) is 2.26. The molecule has 1 N–H and O–H groups in total. The standard InChI is InChI=1S/C14H15N5O/c15-7-11-3-1-5-16-14(11)18-12-8-17-19(9-12)10-13-4-2-6-20-13/h1,3,5,8-9,13H,2,4,6,10H2,(H,16,18). The van der Waals surface area contributed by atoms with E-state index in [2.05, 4.69) is 21.5 Å². The Morgan fingerprint density at radius 2 is 2.50 bits per heavy atom. The molecular formula is C14H15N5O. The average molecular weight is 269 g/mol. The van der Waals surface area contributed by atoms with Crippen molar-refractivity contribution in [1.82, 2.24) is 14.8 Å². The zero-order valence-corrected chi connectivity index (χ0v) is 11.0. The maximum Gasteiger partial charge on any atom is 0.148 e. The van der Waals surface area contributed by atoms with E-state index in [4.69, 9.17) is 10.00 Å². The molecule has 1 saturated heterocycles. The van der Waals surface area contributed by atoms with Gasteiger partial charge in [-0.1, -0.05) is 0 Å². The lowest BCUT2D eigenvalue weighted by Gasteiger charge is -2.08. The van der Waals surface area contributed by atoms with Gasteiger partial charge in [-0.3, -0.25) is 4.68 Å². The highest BCUT2D eigenvalue weighted by Gasteiger charge is 2.16. The van der Waals surface area contributed by atoms with Crippen molar-refractivity contribution in [1.29, 1.82) is 5.26 Å². The van der Waals surface area contributed by atoms with Gasteiger partial charge in [0, 0.05) is 19.0 Å². The molecule has 1 unspecified atom stereocenters. The van der Waals surface area contributed by atoms with Crippen molar-refractivity contribution in [2.24, 2.45) is 0 Å². The number of nitriles is 1. The Morgan fingerprint density at radius 1 is 1.55 bits per heavy atom. The van der Waals surface area contributed by atoms with Crippen LogP contribution in [0.2, 0.25) is 0 Å². The molecule has 1 atom stereocenters. The van der Waals surface area contributed by atoms with Crippen molar-refractivity contribution in [2.45, 2.75) is 25.5 Å². The van der Waals surface area contributed by atoms with E-state index in [1.165, 1.54) is 0 Å². The molecule has 20 heavy (non-hydrogen) atoms. The predicted molar refractivity (Wildman–Crippen MR) is 73.4 cm³/mol. The van der Waals surface area contributed by atoms with E-state index in [9.17, 15) is 0 Å². The van der Waals surface area contributed by atoms with Gasteiger partial charge in [-0.2, -0.15) is 10.4 Å². The van der Waals surface area contributed by atoms with Crippen LogP contribution in [-0.2, 0) is 11.3 Å². The molecule has 0 bridgehead atoms. The van der Waals surface area contributed by atoms with Crippen molar-refractivity contribution in [2.75, 3.05) is 11.9 Å². The van der Waals surface area contributed by atoms with Crippen molar-refractivity contribution in [3.8, 4) is 6.07 Å². The monoisotopic (exact) mass is 269 g/mol. The molecule has 1 aliphatic rings. The lowest BCUT2D eigenvalue weighted by Crippen LogP contribution is -2.15. The summed E-state index contributed by atoms with van der Waals surface area (Å²) in [6.07, 6.45) is 7.74. The largest absolute Gasteiger partial charge is 0.376 e. The first-order chi connectivity index (χ1) is 9.85. The Bertz CT molecular complexity index is 624. The van der Waals surface area contributed by atoms with Gasteiger partial charge in [0.25, 0.3) is 0 Å². The van der Waals surface area contributed by atoms with Crippen LogP contribution in [0.25, 0.3) is 0 Å². The maximum atomic E-state index is 9.02. The van der Waals surface area contributed by atoms with Crippen LogP contribution in [0, 0.1) is 11.3 Å². The summed E-state index contributed by atoms with van der Waals surface area (Å²) in [7, 11) is 0. The van der Waals surface area contributed by atoms with Crippen molar-refractivity contribution >= 4 is 11.5 Å². The highest BCUT2D eigenvalue weighted by molar-refractivity contribution is 5.61. The maximum absolute atomic E-state index is 9.02. The van der Waals surface area contributed by atoms with Crippen molar-refractivity contribution < 1.29 is 4.74 Å². The zero-order chi connectivity index (χ0) is 13.8. The van der Waals surface area contributed by atoms with Gasteiger partial charge in [0.05, 0.1) is 30.1 Å². The summed E-state index contributed by atoms with van der Waals surface area (Å²) in [5.41, 5.74) is 1.33. The minimum atomic E-state index is 0.257. The van der Waals surface area contributed by atoms with Crippen LogP contribution in [0.3, 0.4) is 0 Å². The van der Waals surface area contributed by atoms with Gasteiger partial charge < -0.3 is 10.1 Å². The summed E-state index contributed by atoms with van der Waals surface area (Å²) in [6, 6.07) is 5.58. The van der Waals surface area contributed by atoms with Crippen molar-refractivity contribution in [3.63, 3.8) is 0 Å². The van der Waals surface area contributed by atoms with Gasteiger partial charge in [0.15, 0.2) is 0 Å². The highest BCUT2D eigenvalue weighted by Crippen LogP contribution is 2.18. The van der Waals surface area contributed by atoms with E-state index >= 15 is 0 Å². The smallest absolute Gasteiger partial charge is 0.148 e. The van der Waals surface area contributed by atoms with Crippen LogP contribution in [0.4, 0.5) is 11.5 Å². The molecule has 0 aliphatic carbocycles. The van der Waals surface area contributed by atoms with E-state index < -0.39 is 0 Å². The zero-order valence-electron chi connectivity index (χ0n) is 11.0. The van der Waals surface area contributed by atoms with Gasteiger partial charge in [0.1, 0.15) is 11.9 Å². The first-order valence-electron chi connectivity index (χ1n) is 6.61. The van der Waals surface area contributed by atoms with Crippen LogP contribution in [0.1, 0.15) is 18.4 Å². The van der Waals surface area contributed by atoms with E-state index in [1.54, 1.807) is 24.5 Å². The van der Waals surface area contributed by atoms with E-state index in [0.717, 1.165) is 31.7 Å². The third-order valence-corrected chi connectivity index (χ3v) is 3.24. The molecule has 0 saturated carbocycles. The molecule has 3 heterocycles. The van der Waals surface area contributed by atoms with Crippen LogP contribution in [-0.4, -0.2) is 27.5 Å². The number of ether oxygens (including phenoxy) is 1. The second-order valence-corrected chi connectivity index (χ2v) is 4.72. The number of nitrogens with zero attached hydrogens (tertiary/aromatic N) is 4. The predicted octanol–water partition coefficient (Wildman–Crippen LogP) is 2.07. The second kappa shape index (κ2) is 5.72. The first kappa shape index (κ1) is 12.6. The number of hydrogen-bond acceptors (Lipinski definition) is 5.